The highest BCUT2D eigenvalue weighted by Gasteiger charge is 2.22. The smallest absolute Gasteiger partial charge is 0.367 e. The van der Waals surface area contributed by atoms with E-state index in [2.05, 4.69) is 4.52 Å². The summed E-state index contributed by atoms with van der Waals surface area (Å²) in [6, 6.07) is 0. The quantitative estimate of drug-likeness (QED) is 0.540. The lowest BCUT2D eigenvalue weighted by Gasteiger charge is -2.08. The zero-order valence-electron chi connectivity index (χ0n) is 7.77. The average molecular weight is 208 g/mol. The van der Waals surface area contributed by atoms with E-state index in [1.165, 1.54) is 0 Å². The molecular formula is C7H13O5P. The highest BCUT2D eigenvalue weighted by atomic mass is 31.2. The first-order chi connectivity index (χ1) is 5.78. The third kappa shape index (κ3) is 4.83. The van der Waals surface area contributed by atoms with Gasteiger partial charge in [0, 0.05) is 5.57 Å². The fraction of sp³-hybridized carbons (Fsp3) is 0.571. The Balaban J connectivity index is 4.62. The number of phosphoric ester groups is 1. The summed E-state index contributed by atoms with van der Waals surface area (Å²) in [6.07, 6.45) is 0.390. The minimum Gasteiger partial charge on any atom is -0.367 e. The lowest BCUT2D eigenvalue weighted by atomic mass is 10.1. The van der Waals surface area contributed by atoms with E-state index in [4.69, 9.17) is 9.79 Å². The summed E-state index contributed by atoms with van der Waals surface area (Å²) in [6.45, 7) is 5.07. The summed E-state index contributed by atoms with van der Waals surface area (Å²) in [5.41, 5.74) is 0.990. The van der Waals surface area contributed by atoms with Gasteiger partial charge in [0.2, 0.25) is 0 Å². The van der Waals surface area contributed by atoms with Crippen LogP contribution >= 0.6 is 7.82 Å². The third-order valence-electron chi connectivity index (χ3n) is 1.41. The van der Waals surface area contributed by atoms with Gasteiger partial charge in [-0.05, 0) is 20.3 Å². The molecule has 0 atom stereocenters. The van der Waals surface area contributed by atoms with Crippen molar-refractivity contribution in [3.05, 3.63) is 11.1 Å². The highest BCUT2D eigenvalue weighted by molar-refractivity contribution is 7.46. The molecule has 0 fully saturated rings. The fourth-order valence-corrected chi connectivity index (χ4v) is 1.19. The van der Waals surface area contributed by atoms with Crippen molar-refractivity contribution in [2.45, 2.75) is 27.2 Å². The highest BCUT2D eigenvalue weighted by Crippen LogP contribution is 2.37. The third-order valence-corrected chi connectivity index (χ3v) is 1.81. The largest absolute Gasteiger partial charge is 0.527 e. The van der Waals surface area contributed by atoms with E-state index in [1.54, 1.807) is 20.8 Å². The molecular weight excluding hydrogens is 195 g/mol. The van der Waals surface area contributed by atoms with Gasteiger partial charge in [-0.1, -0.05) is 12.5 Å². The molecule has 0 aliphatic carbocycles. The van der Waals surface area contributed by atoms with E-state index in [0.717, 1.165) is 0 Å². The lowest BCUT2D eigenvalue weighted by Crippen LogP contribution is -2.06. The van der Waals surface area contributed by atoms with Gasteiger partial charge in [0.15, 0.2) is 0 Å². The number of allylic oxidation sites excluding steroid dienone is 1. The molecule has 0 radical (unpaired) electrons. The molecule has 0 bridgehead atoms. The number of carbonyl (C=O) groups is 1. The second-order valence-corrected chi connectivity index (χ2v) is 3.87. The molecule has 2 N–H and O–H groups in total. The molecule has 0 aliphatic rings. The first-order valence-electron chi connectivity index (χ1n) is 3.73. The van der Waals surface area contributed by atoms with E-state index in [1.807, 2.05) is 0 Å². The number of rotatable bonds is 3. The zero-order chi connectivity index (χ0) is 10.6. The molecule has 0 saturated carbocycles. The van der Waals surface area contributed by atoms with E-state index in [9.17, 15) is 9.36 Å². The molecule has 0 aromatic heterocycles. The van der Waals surface area contributed by atoms with Crippen molar-refractivity contribution in [2.24, 2.45) is 0 Å². The lowest BCUT2D eigenvalue weighted by molar-refractivity contribution is -0.131. The molecule has 0 unspecified atom stereocenters. The van der Waals surface area contributed by atoms with E-state index in [0.29, 0.717) is 17.6 Å². The first kappa shape index (κ1) is 12.4. The van der Waals surface area contributed by atoms with Crippen LogP contribution in [0.1, 0.15) is 27.2 Å². The van der Waals surface area contributed by atoms with E-state index < -0.39 is 13.8 Å². The van der Waals surface area contributed by atoms with Crippen LogP contribution in [0.4, 0.5) is 0 Å². The minimum absolute atomic E-state index is 0.295. The Morgan fingerprint density at radius 3 is 2.08 bits per heavy atom. The molecule has 0 aliphatic heterocycles. The number of phosphoric acid groups is 1. The first-order valence-corrected chi connectivity index (χ1v) is 5.26. The maximum absolute atomic E-state index is 11.1. The molecule has 13 heavy (non-hydrogen) atoms. The summed E-state index contributed by atoms with van der Waals surface area (Å²) in [4.78, 5) is 27.8. The minimum atomic E-state index is -4.71. The summed E-state index contributed by atoms with van der Waals surface area (Å²) >= 11 is 0. The van der Waals surface area contributed by atoms with Gasteiger partial charge < -0.3 is 4.52 Å². The van der Waals surface area contributed by atoms with Gasteiger partial charge >= 0.3 is 13.8 Å². The molecule has 5 nitrogen and oxygen atoms in total. The van der Waals surface area contributed by atoms with Crippen molar-refractivity contribution in [2.75, 3.05) is 0 Å². The predicted octanol–water partition coefficient (Wildman–Crippen LogP) is 1.37. The van der Waals surface area contributed by atoms with E-state index in [-0.39, 0.29) is 0 Å². The van der Waals surface area contributed by atoms with Gasteiger partial charge in [0.1, 0.15) is 0 Å². The van der Waals surface area contributed by atoms with E-state index >= 15 is 0 Å². The van der Waals surface area contributed by atoms with Crippen molar-refractivity contribution in [3.63, 3.8) is 0 Å². The Kier molecular flexibility index (Phi) is 4.33. The summed E-state index contributed by atoms with van der Waals surface area (Å²) in [7, 11) is -4.71. The molecule has 0 rings (SSSR count). The molecule has 0 aromatic rings. The topological polar surface area (TPSA) is 83.8 Å². The van der Waals surface area contributed by atoms with Crippen LogP contribution in [0.25, 0.3) is 0 Å². The van der Waals surface area contributed by atoms with Crippen LogP contribution in [0.5, 0.6) is 0 Å². The predicted molar refractivity (Wildman–Crippen MR) is 46.8 cm³/mol. The van der Waals surface area contributed by atoms with Crippen molar-refractivity contribution in [3.8, 4) is 0 Å². The summed E-state index contributed by atoms with van der Waals surface area (Å²) in [5, 5.41) is 0. The monoisotopic (exact) mass is 208 g/mol. The van der Waals surface area contributed by atoms with Crippen molar-refractivity contribution >= 4 is 13.8 Å². The van der Waals surface area contributed by atoms with Crippen molar-refractivity contribution in [1.82, 2.24) is 0 Å². The Labute approximate surface area is 76.7 Å². The number of hydrogen-bond acceptors (Lipinski definition) is 3. The average Bonchev–Trinajstić information content (AvgIpc) is 1.82. The molecule has 0 amide bonds. The van der Waals surface area contributed by atoms with Crippen molar-refractivity contribution < 1.29 is 23.7 Å². The van der Waals surface area contributed by atoms with Crippen molar-refractivity contribution in [1.29, 1.82) is 0 Å². The Hall–Kier alpha value is -0.640. The molecule has 0 saturated heterocycles. The van der Waals surface area contributed by atoms with Crippen LogP contribution in [0.15, 0.2) is 11.1 Å². The van der Waals surface area contributed by atoms with Crippen LogP contribution in [-0.2, 0) is 13.9 Å². The van der Waals surface area contributed by atoms with Crippen LogP contribution in [0.2, 0.25) is 0 Å². The second kappa shape index (κ2) is 4.56. The van der Waals surface area contributed by atoms with Gasteiger partial charge in [0.25, 0.3) is 0 Å². The molecule has 6 heteroatoms. The van der Waals surface area contributed by atoms with Gasteiger partial charge in [-0.25, -0.2) is 9.36 Å². The standard InChI is InChI=1S/C7H13O5P/c1-4-6(5(2)3)7(8)12-13(9,10)11/h4H2,1-3H3,(H2,9,10,11). The SMILES string of the molecule is CCC(C(=O)OP(=O)(O)O)=C(C)C. The van der Waals surface area contributed by atoms with Gasteiger partial charge in [0.05, 0.1) is 0 Å². The maximum Gasteiger partial charge on any atom is 0.527 e. The Morgan fingerprint density at radius 2 is 1.85 bits per heavy atom. The van der Waals surface area contributed by atoms with Gasteiger partial charge in [-0.2, -0.15) is 0 Å². The molecule has 76 valence electrons. The normalized spacial score (nSPS) is 10.8. The molecule has 0 heterocycles. The van der Waals surface area contributed by atoms with Crippen LogP contribution in [0, 0.1) is 0 Å². The van der Waals surface area contributed by atoms with Crippen LogP contribution < -0.4 is 0 Å². The van der Waals surface area contributed by atoms with Crippen LogP contribution in [-0.4, -0.2) is 15.8 Å². The second-order valence-electron chi connectivity index (χ2n) is 2.70. The maximum atomic E-state index is 11.1. The zero-order valence-corrected chi connectivity index (χ0v) is 8.67. The Morgan fingerprint density at radius 1 is 1.38 bits per heavy atom. The summed E-state index contributed by atoms with van der Waals surface area (Å²) < 4.78 is 14.2. The fourth-order valence-electron chi connectivity index (χ4n) is 0.865. The van der Waals surface area contributed by atoms with Crippen LogP contribution in [0.3, 0.4) is 0 Å². The van der Waals surface area contributed by atoms with Gasteiger partial charge in [-0.15, -0.1) is 0 Å². The number of hydrogen-bond donors (Lipinski definition) is 2. The molecule has 0 spiro atoms. The molecule has 0 aromatic carbocycles. The Bertz CT molecular complexity index is 271. The summed E-state index contributed by atoms with van der Waals surface area (Å²) in [5.74, 6) is -0.948. The number of carbonyl (C=O) groups excluding carboxylic acids is 1. The van der Waals surface area contributed by atoms with Gasteiger partial charge in [-0.3, -0.25) is 9.79 Å².